The van der Waals surface area contributed by atoms with Gasteiger partial charge in [-0.3, -0.25) is 14.3 Å². The van der Waals surface area contributed by atoms with Crippen molar-refractivity contribution >= 4 is 21.1 Å². The molecule has 5 rings (SSSR count). The van der Waals surface area contributed by atoms with E-state index in [1.165, 1.54) is 0 Å². The van der Waals surface area contributed by atoms with Crippen LogP contribution in [0.2, 0.25) is 0 Å². The maximum atomic E-state index is 13.3. The summed E-state index contributed by atoms with van der Waals surface area (Å²) in [7, 11) is -3.43. The highest BCUT2D eigenvalue weighted by atomic mass is 32.2. The lowest BCUT2D eigenvalue weighted by Crippen LogP contribution is -2.53. The molecule has 2 aliphatic heterocycles. The average Bonchev–Trinajstić information content (AvgIpc) is 3.20. The van der Waals surface area contributed by atoms with Crippen LogP contribution >= 0.6 is 0 Å². The summed E-state index contributed by atoms with van der Waals surface area (Å²) in [4.78, 5) is 20.2. The number of hydrogen-bond acceptors (Lipinski definition) is 6. The molecule has 2 aromatic heterocycles. The lowest BCUT2D eigenvalue weighted by atomic mass is 10.2. The molecule has 2 fully saturated rings. The minimum Gasteiger partial charge on any atom is -0.467 e. The summed E-state index contributed by atoms with van der Waals surface area (Å²) in [6.45, 7) is 4.07. The van der Waals surface area contributed by atoms with E-state index in [1.54, 1.807) is 31.6 Å². The Morgan fingerprint density at radius 2 is 1.53 bits per heavy atom. The van der Waals surface area contributed by atoms with E-state index in [2.05, 4.69) is 4.90 Å². The second-order valence-electron chi connectivity index (χ2n) is 9.01. The van der Waals surface area contributed by atoms with Gasteiger partial charge in [0, 0.05) is 39.3 Å². The Morgan fingerprint density at radius 3 is 2.24 bits per heavy atom. The number of benzene rings is 1. The maximum Gasteiger partial charge on any atom is 0.282 e. The summed E-state index contributed by atoms with van der Waals surface area (Å²) in [5.74, 6) is 1.35. The first kappa shape index (κ1) is 23.2. The smallest absolute Gasteiger partial charge is 0.282 e. The summed E-state index contributed by atoms with van der Waals surface area (Å²) in [5.41, 5.74) is 0.569. The highest BCUT2D eigenvalue weighted by molar-refractivity contribution is 7.86. The zero-order chi connectivity index (χ0) is 23.5. The number of aromatic nitrogens is 2. The molecule has 0 amide bonds. The SMILES string of the molecule is O=c1c2ccccc2nc(CN2CCN(S(=O)(=O)N3CCCCCC3)CC2)n1Cc1ccco1. The predicted molar refractivity (Wildman–Crippen MR) is 130 cm³/mol. The van der Waals surface area contributed by atoms with E-state index in [9.17, 15) is 13.2 Å². The van der Waals surface area contributed by atoms with Crippen molar-refractivity contribution in [2.75, 3.05) is 39.3 Å². The Morgan fingerprint density at radius 1 is 0.824 bits per heavy atom. The van der Waals surface area contributed by atoms with E-state index < -0.39 is 10.2 Å². The molecule has 0 bridgehead atoms. The lowest BCUT2D eigenvalue weighted by molar-refractivity contribution is 0.169. The van der Waals surface area contributed by atoms with Gasteiger partial charge in [-0.1, -0.05) is 25.0 Å². The standard InChI is InChI=1S/C24H31N5O4S/c30-24-21-9-3-4-10-22(21)25-23(29(24)18-20-8-7-17-33-20)19-26-13-15-28(16-14-26)34(31,32)27-11-5-1-2-6-12-27/h3-4,7-10,17H,1-2,5-6,11-16,18-19H2. The molecule has 1 aromatic carbocycles. The molecule has 0 atom stereocenters. The monoisotopic (exact) mass is 485 g/mol. The fraction of sp³-hybridized carbons (Fsp3) is 0.500. The van der Waals surface area contributed by atoms with E-state index in [0.29, 0.717) is 74.8 Å². The summed E-state index contributed by atoms with van der Waals surface area (Å²) in [5, 5.41) is 0.575. The summed E-state index contributed by atoms with van der Waals surface area (Å²) < 4.78 is 36.7. The second kappa shape index (κ2) is 9.99. The van der Waals surface area contributed by atoms with Crippen LogP contribution in [0.3, 0.4) is 0 Å². The third kappa shape index (κ3) is 4.81. The molecule has 34 heavy (non-hydrogen) atoms. The van der Waals surface area contributed by atoms with Crippen molar-refractivity contribution < 1.29 is 12.8 Å². The van der Waals surface area contributed by atoms with Crippen molar-refractivity contribution in [3.8, 4) is 0 Å². The average molecular weight is 486 g/mol. The van der Waals surface area contributed by atoms with Gasteiger partial charge in [-0.25, -0.2) is 4.98 Å². The Kier molecular flexibility index (Phi) is 6.82. The highest BCUT2D eigenvalue weighted by Crippen LogP contribution is 2.19. The molecule has 0 spiro atoms. The topological polar surface area (TPSA) is 91.9 Å². The fourth-order valence-corrected chi connectivity index (χ4v) is 6.48. The van der Waals surface area contributed by atoms with Crippen LogP contribution in [0.15, 0.2) is 51.9 Å². The molecule has 9 nitrogen and oxygen atoms in total. The van der Waals surface area contributed by atoms with Crippen LogP contribution in [0.25, 0.3) is 10.9 Å². The van der Waals surface area contributed by atoms with E-state index in [4.69, 9.17) is 9.40 Å². The number of rotatable bonds is 6. The van der Waals surface area contributed by atoms with Gasteiger partial charge in [-0.05, 0) is 37.1 Å². The van der Waals surface area contributed by atoms with E-state index in [-0.39, 0.29) is 5.56 Å². The maximum absolute atomic E-state index is 13.3. The first-order chi connectivity index (χ1) is 16.5. The van der Waals surface area contributed by atoms with Crippen molar-refractivity contribution in [3.63, 3.8) is 0 Å². The number of hydrogen-bond donors (Lipinski definition) is 0. The third-order valence-corrected chi connectivity index (χ3v) is 8.78. The molecule has 0 aliphatic carbocycles. The molecular weight excluding hydrogens is 454 g/mol. The molecule has 0 unspecified atom stereocenters. The molecule has 10 heteroatoms. The first-order valence-corrected chi connectivity index (χ1v) is 13.4. The van der Waals surface area contributed by atoms with Crippen LogP contribution in [0.4, 0.5) is 0 Å². The van der Waals surface area contributed by atoms with Crippen LogP contribution in [-0.2, 0) is 23.3 Å². The van der Waals surface area contributed by atoms with Crippen molar-refractivity contribution in [2.45, 2.75) is 38.8 Å². The minimum atomic E-state index is -3.43. The van der Waals surface area contributed by atoms with Gasteiger partial charge in [-0.15, -0.1) is 0 Å². The van der Waals surface area contributed by atoms with Crippen LogP contribution in [-0.4, -0.2) is 70.7 Å². The predicted octanol–water partition coefficient (Wildman–Crippen LogP) is 2.28. The van der Waals surface area contributed by atoms with E-state index >= 15 is 0 Å². The van der Waals surface area contributed by atoms with Crippen molar-refractivity contribution in [2.24, 2.45) is 0 Å². The number of nitrogens with zero attached hydrogens (tertiary/aromatic N) is 5. The Balaban J connectivity index is 1.33. The van der Waals surface area contributed by atoms with Gasteiger partial charge < -0.3 is 4.42 Å². The largest absolute Gasteiger partial charge is 0.467 e. The Bertz CT molecular complexity index is 1270. The van der Waals surface area contributed by atoms with Crippen LogP contribution in [0, 0.1) is 0 Å². The van der Waals surface area contributed by atoms with Gasteiger partial charge in [0.15, 0.2) is 0 Å². The van der Waals surface area contributed by atoms with Gasteiger partial charge in [-0.2, -0.15) is 17.0 Å². The minimum absolute atomic E-state index is 0.0978. The Labute approximate surface area is 199 Å². The fourth-order valence-electron chi connectivity index (χ4n) is 4.81. The quantitative estimate of drug-likeness (QED) is 0.532. The van der Waals surface area contributed by atoms with Crippen LogP contribution in [0.5, 0.6) is 0 Å². The van der Waals surface area contributed by atoms with Gasteiger partial charge in [0.05, 0.1) is 30.3 Å². The summed E-state index contributed by atoms with van der Waals surface area (Å²) >= 11 is 0. The van der Waals surface area contributed by atoms with Gasteiger partial charge in [0.2, 0.25) is 0 Å². The molecule has 3 aromatic rings. The molecule has 0 saturated carbocycles. The van der Waals surface area contributed by atoms with Crippen molar-refractivity contribution in [1.29, 1.82) is 0 Å². The molecular formula is C24H31N5O4S. The van der Waals surface area contributed by atoms with Gasteiger partial charge in [0.25, 0.3) is 15.8 Å². The second-order valence-corrected chi connectivity index (χ2v) is 10.9. The van der Waals surface area contributed by atoms with E-state index in [0.717, 1.165) is 25.7 Å². The van der Waals surface area contributed by atoms with Crippen molar-refractivity contribution in [1.82, 2.24) is 23.1 Å². The summed E-state index contributed by atoms with van der Waals surface area (Å²) in [6, 6.07) is 11.0. The van der Waals surface area contributed by atoms with E-state index in [1.807, 2.05) is 24.3 Å². The zero-order valence-electron chi connectivity index (χ0n) is 19.3. The normalized spacial score (nSPS) is 19.4. The first-order valence-electron chi connectivity index (χ1n) is 12.0. The molecule has 2 saturated heterocycles. The van der Waals surface area contributed by atoms with Gasteiger partial charge >= 0.3 is 0 Å². The molecule has 2 aliphatic rings. The third-order valence-electron chi connectivity index (χ3n) is 6.75. The zero-order valence-corrected chi connectivity index (χ0v) is 20.1. The highest BCUT2D eigenvalue weighted by Gasteiger charge is 2.32. The number of fused-ring (bicyclic) bond motifs is 1. The number of furan rings is 1. The van der Waals surface area contributed by atoms with Crippen LogP contribution in [0.1, 0.15) is 37.3 Å². The molecule has 0 N–H and O–H groups in total. The van der Waals surface area contributed by atoms with Crippen LogP contribution < -0.4 is 5.56 Å². The molecule has 182 valence electrons. The number of para-hydroxylation sites is 1. The molecule has 0 radical (unpaired) electrons. The summed E-state index contributed by atoms with van der Waals surface area (Å²) in [6.07, 6.45) is 5.65. The van der Waals surface area contributed by atoms with Gasteiger partial charge in [0.1, 0.15) is 11.6 Å². The molecule has 4 heterocycles. The van der Waals surface area contributed by atoms with Crippen molar-refractivity contribution in [3.05, 3.63) is 64.6 Å². The Hall–Kier alpha value is -2.53. The number of piperazine rings is 1. The lowest BCUT2D eigenvalue weighted by Gasteiger charge is -2.36.